The highest BCUT2D eigenvalue weighted by Gasteiger charge is 2.18. The normalized spacial score (nSPS) is 11.5. The average molecular weight is 245 g/mol. The molecule has 2 aromatic rings. The van der Waals surface area contributed by atoms with E-state index in [0.29, 0.717) is 5.56 Å². The van der Waals surface area contributed by atoms with Crippen LogP contribution < -0.4 is 0 Å². The van der Waals surface area contributed by atoms with Gasteiger partial charge in [-0.05, 0) is 17.3 Å². The number of hydrogen-bond acceptors (Lipinski definition) is 5. The maximum atomic E-state index is 11.2. The molecule has 0 bridgehead atoms. The molecule has 1 aromatic heterocycles. The standard InChI is InChI=1S/C7H5ClN4O2S/c8-15(13,14)6-4-2-1-3-5(6)7-9-11-12-10-7/h1-4H,(H,9,10,11,12). The van der Waals surface area contributed by atoms with E-state index in [1.807, 2.05) is 0 Å². The predicted molar refractivity (Wildman–Crippen MR) is 52.7 cm³/mol. The third kappa shape index (κ3) is 1.97. The third-order valence-electron chi connectivity index (χ3n) is 1.74. The lowest BCUT2D eigenvalue weighted by Crippen LogP contribution is -1.95. The Bertz CT molecular complexity index is 566. The van der Waals surface area contributed by atoms with E-state index in [1.54, 1.807) is 18.2 Å². The lowest BCUT2D eigenvalue weighted by atomic mass is 10.2. The van der Waals surface area contributed by atoms with Crippen LogP contribution in [0.15, 0.2) is 29.2 Å². The fourth-order valence-electron chi connectivity index (χ4n) is 1.14. The van der Waals surface area contributed by atoms with Gasteiger partial charge >= 0.3 is 0 Å². The highest BCUT2D eigenvalue weighted by atomic mass is 35.7. The lowest BCUT2D eigenvalue weighted by Gasteiger charge is -2.00. The van der Waals surface area contributed by atoms with Gasteiger partial charge in [-0.15, -0.1) is 10.2 Å². The summed E-state index contributed by atoms with van der Waals surface area (Å²) in [5.41, 5.74) is 0.321. The van der Waals surface area contributed by atoms with Gasteiger partial charge in [0.25, 0.3) is 9.05 Å². The van der Waals surface area contributed by atoms with Crippen LogP contribution in [0.1, 0.15) is 0 Å². The Labute approximate surface area is 89.7 Å². The van der Waals surface area contributed by atoms with Gasteiger partial charge in [0, 0.05) is 16.2 Å². The highest BCUT2D eigenvalue weighted by molar-refractivity contribution is 8.13. The SMILES string of the molecule is O=S(=O)(Cl)c1ccccc1-c1nn[nH]n1. The van der Waals surface area contributed by atoms with Crippen molar-refractivity contribution in [1.82, 2.24) is 20.6 Å². The number of H-pyrrole nitrogens is 1. The van der Waals surface area contributed by atoms with Gasteiger partial charge in [0.1, 0.15) is 0 Å². The molecule has 0 fully saturated rings. The number of nitrogens with zero attached hydrogens (tertiary/aromatic N) is 3. The Hall–Kier alpha value is -1.47. The number of halogens is 1. The van der Waals surface area contributed by atoms with Crippen LogP contribution in [0.25, 0.3) is 11.4 Å². The van der Waals surface area contributed by atoms with E-state index in [-0.39, 0.29) is 10.7 Å². The van der Waals surface area contributed by atoms with Gasteiger partial charge in [-0.25, -0.2) is 8.42 Å². The minimum absolute atomic E-state index is 0.0342. The number of aromatic nitrogens is 4. The van der Waals surface area contributed by atoms with Crippen molar-refractivity contribution in [3.63, 3.8) is 0 Å². The summed E-state index contributed by atoms with van der Waals surface area (Å²) in [6.45, 7) is 0. The second-order valence-electron chi connectivity index (χ2n) is 2.67. The van der Waals surface area contributed by atoms with Crippen LogP contribution in [-0.4, -0.2) is 29.0 Å². The summed E-state index contributed by atoms with van der Waals surface area (Å²) >= 11 is 0. The Kier molecular flexibility index (Phi) is 2.41. The van der Waals surface area contributed by atoms with E-state index in [2.05, 4.69) is 20.6 Å². The van der Waals surface area contributed by atoms with Crippen molar-refractivity contribution in [2.24, 2.45) is 0 Å². The highest BCUT2D eigenvalue weighted by Crippen LogP contribution is 2.26. The minimum atomic E-state index is -3.81. The van der Waals surface area contributed by atoms with E-state index in [4.69, 9.17) is 10.7 Å². The van der Waals surface area contributed by atoms with Gasteiger partial charge < -0.3 is 0 Å². The molecule has 0 aliphatic heterocycles. The number of hydrogen-bond donors (Lipinski definition) is 1. The number of rotatable bonds is 2. The smallest absolute Gasteiger partial charge is 0.207 e. The van der Waals surface area contributed by atoms with Crippen molar-refractivity contribution >= 4 is 19.7 Å². The second-order valence-corrected chi connectivity index (χ2v) is 5.20. The first kappa shape index (κ1) is 10.1. The molecular weight excluding hydrogens is 240 g/mol. The maximum Gasteiger partial charge on any atom is 0.262 e. The topological polar surface area (TPSA) is 88.6 Å². The molecule has 78 valence electrons. The first-order valence-corrected chi connectivity index (χ1v) is 6.17. The van der Waals surface area contributed by atoms with Gasteiger partial charge in [0.15, 0.2) is 0 Å². The molecule has 0 aliphatic carbocycles. The zero-order valence-electron chi connectivity index (χ0n) is 7.25. The van der Waals surface area contributed by atoms with Crippen molar-refractivity contribution in [3.05, 3.63) is 24.3 Å². The molecule has 2 rings (SSSR count). The van der Waals surface area contributed by atoms with Crippen LogP contribution in [0, 0.1) is 0 Å². The van der Waals surface area contributed by atoms with E-state index in [9.17, 15) is 8.42 Å². The second kappa shape index (κ2) is 3.59. The lowest BCUT2D eigenvalue weighted by molar-refractivity contribution is 0.610. The van der Waals surface area contributed by atoms with Crippen molar-refractivity contribution in [2.75, 3.05) is 0 Å². The van der Waals surface area contributed by atoms with Gasteiger partial charge in [-0.2, -0.15) is 5.21 Å². The number of tetrazole rings is 1. The monoisotopic (exact) mass is 244 g/mol. The van der Waals surface area contributed by atoms with E-state index >= 15 is 0 Å². The molecule has 8 heteroatoms. The van der Waals surface area contributed by atoms with Crippen molar-refractivity contribution < 1.29 is 8.42 Å². The summed E-state index contributed by atoms with van der Waals surface area (Å²) in [5, 5.41) is 13.0. The molecule has 1 N–H and O–H groups in total. The molecule has 6 nitrogen and oxygen atoms in total. The van der Waals surface area contributed by atoms with Crippen molar-refractivity contribution in [2.45, 2.75) is 4.90 Å². The van der Waals surface area contributed by atoms with Gasteiger partial charge in [-0.1, -0.05) is 12.1 Å². The van der Waals surface area contributed by atoms with Gasteiger partial charge in [-0.3, -0.25) is 0 Å². The molecule has 1 aromatic carbocycles. The molecule has 0 atom stereocenters. The number of nitrogens with one attached hydrogen (secondary N) is 1. The van der Waals surface area contributed by atoms with Crippen molar-refractivity contribution in [3.8, 4) is 11.4 Å². The fraction of sp³-hybridized carbons (Fsp3) is 0. The van der Waals surface area contributed by atoms with Crippen LogP contribution in [0.4, 0.5) is 0 Å². The Balaban J connectivity index is 2.68. The zero-order valence-corrected chi connectivity index (χ0v) is 8.83. The molecule has 0 saturated carbocycles. The summed E-state index contributed by atoms with van der Waals surface area (Å²) in [6, 6.07) is 6.17. The summed E-state index contributed by atoms with van der Waals surface area (Å²) in [6.07, 6.45) is 0. The summed E-state index contributed by atoms with van der Waals surface area (Å²) < 4.78 is 22.5. The summed E-state index contributed by atoms with van der Waals surface area (Å²) in [7, 11) is 1.46. The van der Waals surface area contributed by atoms with Crippen LogP contribution in [0.5, 0.6) is 0 Å². The molecule has 15 heavy (non-hydrogen) atoms. The van der Waals surface area contributed by atoms with Crippen LogP contribution in [-0.2, 0) is 9.05 Å². The molecule has 1 heterocycles. The molecule has 0 amide bonds. The zero-order chi connectivity index (χ0) is 10.9. The first-order chi connectivity index (χ1) is 7.09. The molecule has 0 radical (unpaired) electrons. The predicted octanol–water partition coefficient (Wildman–Crippen LogP) is 0.794. The largest absolute Gasteiger partial charge is 0.262 e. The number of benzene rings is 1. The van der Waals surface area contributed by atoms with Crippen LogP contribution >= 0.6 is 10.7 Å². The summed E-state index contributed by atoms with van der Waals surface area (Å²) in [5.74, 6) is 0.190. The third-order valence-corrected chi connectivity index (χ3v) is 3.12. The average Bonchev–Trinajstić information content (AvgIpc) is 2.69. The number of aromatic amines is 1. The molecule has 0 aliphatic rings. The van der Waals surface area contributed by atoms with Crippen LogP contribution in [0.3, 0.4) is 0 Å². The van der Waals surface area contributed by atoms with Gasteiger partial charge in [0.05, 0.1) is 4.90 Å². The fourth-order valence-corrected chi connectivity index (χ4v) is 2.21. The van der Waals surface area contributed by atoms with E-state index < -0.39 is 9.05 Å². The Morgan fingerprint density at radius 1 is 1.27 bits per heavy atom. The first-order valence-electron chi connectivity index (χ1n) is 3.86. The molecule has 0 saturated heterocycles. The minimum Gasteiger partial charge on any atom is -0.207 e. The maximum absolute atomic E-state index is 11.2. The van der Waals surface area contributed by atoms with E-state index in [1.165, 1.54) is 6.07 Å². The molecule has 0 unspecified atom stereocenters. The Morgan fingerprint density at radius 2 is 2.00 bits per heavy atom. The molecule has 0 spiro atoms. The quantitative estimate of drug-likeness (QED) is 0.789. The molecular formula is C7H5ClN4O2S. The summed E-state index contributed by atoms with van der Waals surface area (Å²) in [4.78, 5) is -0.0342. The van der Waals surface area contributed by atoms with Crippen molar-refractivity contribution in [1.29, 1.82) is 0 Å². The van der Waals surface area contributed by atoms with Gasteiger partial charge in [0.2, 0.25) is 5.82 Å². The van der Waals surface area contributed by atoms with E-state index in [0.717, 1.165) is 0 Å². The Morgan fingerprint density at radius 3 is 2.60 bits per heavy atom. The van der Waals surface area contributed by atoms with Crippen LogP contribution in [0.2, 0.25) is 0 Å².